The second-order valence-corrected chi connectivity index (χ2v) is 6.89. The fourth-order valence-electron chi connectivity index (χ4n) is 1.81. The topological polar surface area (TPSA) is 271 Å². The quantitative estimate of drug-likeness (QED) is 0.170. The number of rotatable bonds is 6. The highest BCUT2D eigenvalue weighted by atomic mass is 32.3. The van der Waals surface area contributed by atoms with Gasteiger partial charge in [0.2, 0.25) is 11.8 Å². The minimum Gasteiger partial charge on any atom is -0.399 e. The van der Waals surface area contributed by atoms with Gasteiger partial charge in [0, 0.05) is 22.5 Å². The summed E-state index contributed by atoms with van der Waals surface area (Å²) >= 11 is 0. The van der Waals surface area contributed by atoms with Crippen molar-refractivity contribution in [2.75, 3.05) is 24.6 Å². The van der Waals surface area contributed by atoms with Gasteiger partial charge < -0.3 is 33.6 Å². The molecule has 0 fully saturated rings. The molecule has 2 aromatic rings. The Morgan fingerprint density at radius 1 is 0.667 bits per heavy atom. The predicted molar refractivity (Wildman–Crippen MR) is 119 cm³/mol. The van der Waals surface area contributed by atoms with Crippen LogP contribution in [0, 0.1) is 0 Å². The number of hydrogen-bond acceptors (Lipinski definition) is 8. The third-order valence-electron chi connectivity index (χ3n) is 3.19. The van der Waals surface area contributed by atoms with Crippen molar-refractivity contribution in [2.24, 2.45) is 11.5 Å². The maximum absolute atomic E-state index is 11.3. The number of amides is 4. The van der Waals surface area contributed by atoms with Crippen LogP contribution in [0.3, 0.4) is 0 Å². The maximum atomic E-state index is 11.3. The van der Waals surface area contributed by atoms with Gasteiger partial charge in [-0.05, 0) is 48.5 Å². The zero-order valence-electron chi connectivity index (χ0n) is 17.1. The second kappa shape index (κ2) is 14.0. The molecule has 12 N–H and O–H groups in total. The van der Waals surface area contributed by atoms with Gasteiger partial charge in [-0.1, -0.05) is 0 Å². The minimum absolute atomic E-state index is 0.163. The number of carbonyl (C=O) groups is 4. The van der Waals surface area contributed by atoms with Crippen LogP contribution in [0.15, 0.2) is 48.5 Å². The summed E-state index contributed by atoms with van der Waals surface area (Å²) in [5.41, 5.74) is 22.7. The van der Waals surface area contributed by atoms with Gasteiger partial charge in [0.25, 0.3) is 11.8 Å². The van der Waals surface area contributed by atoms with Gasteiger partial charge in [0.05, 0.1) is 13.1 Å². The van der Waals surface area contributed by atoms with Gasteiger partial charge >= 0.3 is 10.4 Å². The number of nitrogens with one attached hydrogen (secondary N) is 2. The van der Waals surface area contributed by atoms with Gasteiger partial charge in [0.15, 0.2) is 0 Å². The molecule has 0 aliphatic heterocycles. The van der Waals surface area contributed by atoms with Gasteiger partial charge in [-0.15, -0.1) is 0 Å². The van der Waals surface area contributed by atoms with Crippen molar-refractivity contribution >= 4 is 45.4 Å². The molecular formula is C18H24N6O8S. The van der Waals surface area contributed by atoms with Crippen LogP contribution in [0.2, 0.25) is 0 Å². The number of benzene rings is 2. The molecule has 15 heteroatoms. The molecule has 0 atom stereocenters. The Labute approximate surface area is 188 Å². The van der Waals surface area contributed by atoms with Crippen LogP contribution in [0.25, 0.3) is 0 Å². The van der Waals surface area contributed by atoms with Crippen molar-refractivity contribution in [3.8, 4) is 0 Å². The molecular weight excluding hydrogens is 460 g/mol. The van der Waals surface area contributed by atoms with E-state index in [1.807, 2.05) is 0 Å². The number of primary amides is 2. The van der Waals surface area contributed by atoms with E-state index in [0.29, 0.717) is 22.5 Å². The summed E-state index contributed by atoms with van der Waals surface area (Å²) < 4.78 is 31.6. The van der Waals surface area contributed by atoms with E-state index in [2.05, 4.69) is 10.6 Å². The number of hydrogen-bond donors (Lipinski definition) is 8. The molecule has 180 valence electrons. The van der Waals surface area contributed by atoms with Crippen molar-refractivity contribution < 1.29 is 36.7 Å². The number of nitrogen functional groups attached to an aromatic ring is 2. The highest BCUT2D eigenvalue weighted by Gasteiger charge is 2.06. The summed E-state index contributed by atoms with van der Waals surface area (Å²) in [4.78, 5) is 43.4. The average molecular weight is 484 g/mol. The molecule has 2 rings (SSSR count). The molecule has 0 unspecified atom stereocenters. The van der Waals surface area contributed by atoms with E-state index in [9.17, 15) is 19.2 Å². The lowest BCUT2D eigenvalue weighted by Crippen LogP contribution is -2.33. The Kier molecular flexibility index (Phi) is 12.2. The molecule has 0 aromatic heterocycles. The molecule has 0 spiro atoms. The average Bonchev–Trinajstić information content (AvgIpc) is 2.70. The zero-order valence-corrected chi connectivity index (χ0v) is 17.9. The van der Waals surface area contributed by atoms with Gasteiger partial charge in [0.1, 0.15) is 0 Å². The molecule has 2 aromatic carbocycles. The van der Waals surface area contributed by atoms with E-state index < -0.39 is 22.2 Å². The molecule has 33 heavy (non-hydrogen) atoms. The van der Waals surface area contributed by atoms with E-state index in [1.165, 1.54) is 0 Å². The number of nitrogens with two attached hydrogens (primary N) is 4. The van der Waals surface area contributed by atoms with Crippen LogP contribution < -0.4 is 33.6 Å². The summed E-state index contributed by atoms with van der Waals surface area (Å²) in [6.45, 7) is -0.327. The van der Waals surface area contributed by atoms with Crippen molar-refractivity contribution in [1.82, 2.24) is 10.6 Å². The molecule has 14 nitrogen and oxygen atoms in total. The van der Waals surface area contributed by atoms with E-state index in [4.69, 9.17) is 40.5 Å². The fraction of sp³-hybridized carbons (Fsp3) is 0.111. The third-order valence-corrected chi connectivity index (χ3v) is 3.19. The molecule has 0 saturated heterocycles. The standard InChI is InChI=1S/2C9H11N3O2.H2O4S/c2*10-7-3-1-6(2-4-7)9(14)12-5-8(11)13;1-5(2,3)4/h2*1-4H,5,10H2,(H2,11,13)(H,12,14);(H2,1,2,3,4). The molecule has 0 radical (unpaired) electrons. The summed E-state index contributed by atoms with van der Waals surface area (Å²) in [7, 11) is -4.67. The normalized spacial score (nSPS) is 9.76. The van der Waals surface area contributed by atoms with Gasteiger partial charge in [-0.25, -0.2) is 0 Å². The summed E-state index contributed by atoms with van der Waals surface area (Å²) in [6.07, 6.45) is 0. The Bertz CT molecular complexity index is 977. The Balaban J connectivity index is 0.000000517. The van der Waals surface area contributed by atoms with Crippen molar-refractivity contribution in [3.05, 3.63) is 59.7 Å². The first-order valence-electron chi connectivity index (χ1n) is 8.73. The highest BCUT2D eigenvalue weighted by Crippen LogP contribution is 2.05. The van der Waals surface area contributed by atoms with Crippen LogP contribution in [0.4, 0.5) is 11.4 Å². The Hall–Kier alpha value is -4.21. The Morgan fingerprint density at radius 3 is 1.12 bits per heavy atom. The van der Waals surface area contributed by atoms with E-state index in [-0.39, 0.29) is 24.9 Å². The number of anilines is 2. The van der Waals surface area contributed by atoms with Crippen LogP contribution in [0.1, 0.15) is 20.7 Å². The zero-order chi connectivity index (χ0) is 25.6. The lowest BCUT2D eigenvalue weighted by atomic mass is 10.2. The third kappa shape index (κ3) is 16.2. The predicted octanol–water partition coefficient (Wildman–Crippen LogP) is -1.68. The maximum Gasteiger partial charge on any atom is 0.394 e. The first kappa shape index (κ1) is 28.8. The summed E-state index contributed by atoms with van der Waals surface area (Å²) in [5, 5.41) is 4.73. The molecule has 0 saturated carbocycles. The highest BCUT2D eigenvalue weighted by molar-refractivity contribution is 7.79. The lowest BCUT2D eigenvalue weighted by Gasteiger charge is -2.02. The minimum atomic E-state index is -4.67. The van der Waals surface area contributed by atoms with Crippen LogP contribution >= 0.6 is 0 Å². The SMILES string of the molecule is NC(=O)CNC(=O)c1ccc(N)cc1.NC(=O)CNC(=O)c1ccc(N)cc1.O=S(=O)(O)O. The largest absolute Gasteiger partial charge is 0.399 e. The fourth-order valence-corrected chi connectivity index (χ4v) is 1.81. The van der Waals surface area contributed by atoms with Gasteiger partial charge in [-0.3, -0.25) is 28.3 Å². The van der Waals surface area contributed by atoms with Crippen molar-refractivity contribution in [1.29, 1.82) is 0 Å². The molecule has 0 bridgehead atoms. The van der Waals surface area contributed by atoms with Crippen molar-refractivity contribution in [2.45, 2.75) is 0 Å². The molecule has 4 amide bonds. The lowest BCUT2D eigenvalue weighted by molar-refractivity contribution is -0.117. The summed E-state index contributed by atoms with van der Waals surface area (Å²) in [5.74, 6) is -1.84. The monoisotopic (exact) mass is 484 g/mol. The van der Waals surface area contributed by atoms with Crippen LogP contribution in [0.5, 0.6) is 0 Å². The van der Waals surface area contributed by atoms with E-state index in [0.717, 1.165) is 0 Å². The molecule has 0 aliphatic rings. The summed E-state index contributed by atoms with van der Waals surface area (Å²) in [6, 6.07) is 12.7. The Morgan fingerprint density at radius 2 is 0.909 bits per heavy atom. The van der Waals surface area contributed by atoms with E-state index in [1.54, 1.807) is 48.5 Å². The molecule has 0 aliphatic carbocycles. The first-order valence-corrected chi connectivity index (χ1v) is 10.1. The molecule has 0 heterocycles. The first-order chi connectivity index (χ1) is 15.2. The second-order valence-electron chi connectivity index (χ2n) is 5.99. The number of carbonyl (C=O) groups excluding carboxylic acids is 4. The van der Waals surface area contributed by atoms with Crippen LogP contribution in [-0.2, 0) is 20.0 Å². The van der Waals surface area contributed by atoms with Crippen LogP contribution in [-0.4, -0.2) is 54.2 Å². The van der Waals surface area contributed by atoms with Gasteiger partial charge in [-0.2, -0.15) is 8.42 Å². The van der Waals surface area contributed by atoms with E-state index >= 15 is 0 Å². The van der Waals surface area contributed by atoms with Crippen molar-refractivity contribution in [3.63, 3.8) is 0 Å². The smallest absolute Gasteiger partial charge is 0.394 e.